The summed E-state index contributed by atoms with van der Waals surface area (Å²) >= 11 is 6.63. The highest BCUT2D eigenvalue weighted by Crippen LogP contribution is 2.36. The molecule has 10 nitrogen and oxygen atoms in total. The number of hydrogen-bond acceptors (Lipinski definition) is 6. The highest BCUT2D eigenvalue weighted by atomic mass is 35.5. The topological polar surface area (TPSA) is 107 Å². The number of ether oxygens (including phenoxy) is 1. The lowest BCUT2D eigenvalue weighted by molar-refractivity contribution is 0.0193. The summed E-state index contributed by atoms with van der Waals surface area (Å²) in [5.74, 6) is -0.358. The Morgan fingerprint density at radius 2 is 1.67 bits per heavy atom. The van der Waals surface area contributed by atoms with E-state index in [2.05, 4.69) is 29.2 Å². The first-order valence-corrected chi connectivity index (χ1v) is 17.8. The molecule has 1 N–H and O–H groups in total. The molecule has 5 aromatic rings. The summed E-state index contributed by atoms with van der Waals surface area (Å²) in [5, 5.41) is 20.3. The summed E-state index contributed by atoms with van der Waals surface area (Å²) in [6.45, 7) is 9.91. The van der Waals surface area contributed by atoms with Crippen LogP contribution in [0.5, 0.6) is 5.75 Å². The number of fused-ring (bicyclic) bond motifs is 1. The Morgan fingerprint density at radius 3 is 2.37 bits per heavy atom. The largest absolute Gasteiger partial charge is 0.508 e. The van der Waals surface area contributed by atoms with Crippen LogP contribution >= 0.6 is 11.6 Å². The molecule has 11 heteroatoms. The van der Waals surface area contributed by atoms with Gasteiger partial charge in [-0.2, -0.15) is 5.26 Å². The van der Waals surface area contributed by atoms with Crippen molar-refractivity contribution in [2.75, 3.05) is 37.7 Å². The van der Waals surface area contributed by atoms with Crippen molar-refractivity contribution in [3.63, 3.8) is 0 Å². The number of carbonyl (C=O) groups is 2. The van der Waals surface area contributed by atoms with Gasteiger partial charge in [-0.1, -0.05) is 35.9 Å². The van der Waals surface area contributed by atoms with E-state index in [1.54, 1.807) is 59.1 Å². The van der Waals surface area contributed by atoms with E-state index >= 15 is 0 Å². The van der Waals surface area contributed by atoms with Crippen molar-refractivity contribution in [2.45, 2.75) is 39.8 Å². The van der Waals surface area contributed by atoms with Gasteiger partial charge in [0.05, 0.1) is 35.7 Å². The molecule has 0 bridgehead atoms. The van der Waals surface area contributed by atoms with Gasteiger partial charge in [-0.15, -0.1) is 0 Å². The Hall–Kier alpha value is -5.34. The maximum Gasteiger partial charge on any atom is 0.264 e. The number of rotatable bonds is 7. The van der Waals surface area contributed by atoms with Gasteiger partial charge >= 0.3 is 0 Å². The average Bonchev–Trinajstić information content (AvgIpc) is 3.61. The molecule has 1 saturated heterocycles. The molecule has 1 fully saturated rings. The lowest BCUT2D eigenvalue weighted by Gasteiger charge is -2.40. The van der Waals surface area contributed by atoms with Crippen LogP contribution in [0.2, 0.25) is 5.02 Å². The first-order chi connectivity index (χ1) is 25.0. The summed E-state index contributed by atoms with van der Waals surface area (Å²) < 4.78 is 9.23. The first kappa shape index (κ1) is 35.1. The molecule has 0 aliphatic carbocycles. The number of amides is 2. The van der Waals surface area contributed by atoms with Gasteiger partial charge < -0.3 is 23.9 Å². The van der Waals surface area contributed by atoms with E-state index in [9.17, 15) is 20.0 Å². The molecule has 0 spiro atoms. The van der Waals surface area contributed by atoms with Gasteiger partial charge in [0, 0.05) is 67.6 Å². The van der Waals surface area contributed by atoms with Gasteiger partial charge in [-0.25, -0.2) is 0 Å². The first-order valence-electron chi connectivity index (χ1n) is 17.4. The molecule has 0 radical (unpaired) electrons. The Kier molecular flexibility index (Phi) is 9.68. The summed E-state index contributed by atoms with van der Waals surface area (Å²) in [6.07, 6.45) is 2.52. The zero-order valence-corrected chi connectivity index (χ0v) is 30.5. The standard InChI is InChI=1S/C41H41ClN6O4/c1-26-27(2)46(25-37(26)41(51)48(32-10-12-35(49)13-11-32)38-21-33(22-43)44(4)28(38)3)39-20-31(42)9-14-36(39)40(50)47-23-30-8-6-5-7-29(30)19-34(47)24-45-15-17-52-18-16-45/h5-14,20-21,25,34,49H,15-19,23-24H2,1-4H3/t34-/m0/s1. The second kappa shape index (κ2) is 14.4. The molecule has 2 aromatic heterocycles. The van der Waals surface area contributed by atoms with Gasteiger partial charge in [0.15, 0.2) is 0 Å². The van der Waals surface area contributed by atoms with Gasteiger partial charge in [-0.05, 0) is 92.4 Å². The summed E-state index contributed by atoms with van der Waals surface area (Å²) in [7, 11) is 1.78. The number of nitrogens with zero attached hydrogens (tertiary/aromatic N) is 6. The van der Waals surface area contributed by atoms with Crippen LogP contribution in [-0.2, 0) is 24.8 Å². The van der Waals surface area contributed by atoms with Gasteiger partial charge in [-0.3, -0.25) is 19.4 Å². The summed E-state index contributed by atoms with van der Waals surface area (Å²) in [6, 6.07) is 23.9. The van der Waals surface area contributed by atoms with Crippen LogP contribution in [0.3, 0.4) is 0 Å². The number of phenolic OH excluding ortho intramolecular Hbond substituents is 1. The van der Waals surface area contributed by atoms with Crippen molar-refractivity contribution in [3.05, 3.63) is 129 Å². The molecule has 266 valence electrons. The minimum Gasteiger partial charge on any atom is -0.508 e. The number of benzene rings is 3. The molecule has 2 aliphatic heterocycles. The molecule has 3 aromatic carbocycles. The van der Waals surface area contributed by atoms with Crippen LogP contribution in [0.1, 0.15) is 54.5 Å². The molecule has 1 atom stereocenters. The zero-order valence-electron chi connectivity index (χ0n) is 29.8. The number of carbonyl (C=O) groups excluding carboxylic acids is 2. The molecular formula is C41H41ClN6O4. The van der Waals surface area contributed by atoms with E-state index in [1.807, 2.05) is 36.3 Å². The van der Waals surface area contributed by atoms with E-state index in [1.165, 1.54) is 17.7 Å². The fourth-order valence-electron chi connectivity index (χ4n) is 7.38. The predicted molar refractivity (Wildman–Crippen MR) is 201 cm³/mol. The average molecular weight is 717 g/mol. The number of aromatic hydroxyl groups is 1. The molecule has 52 heavy (non-hydrogen) atoms. The molecule has 7 rings (SSSR count). The smallest absolute Gasteiger partial charge is 0.264 e. The number of morpholine rings is 1. The van der Waals surface area contributed by atoms with Crippen LogP contribution in [0, 0.1) is 32.1 Å². The van der Waals surface area contributed by atoms with Crippen LogP contribution in [-0.4, -0.2) is 74.7 Å². The van der Waals surface area contributed by atoms with E-state index in [-0.39, 0.29) is 23.6 Å². The Bertz CT molecular complexity index is 2210. The zero-order chi connectivity index (χ0) is 36.7. The molecule has 2 aliphatic rings. The molecule has 0 unspecified atom stereocenters. The van der Waals surface area contributed by atoms with Gasteiger partial charge in [0.25, 0.3) is 11.8 Å². The normalized spacial score (nSPS) is 16.0. The Morgan fingerprint density at radius 1 is 0.962 bits per heavy atom. The number of halogens is 1. The van der Waals surface area contributed by atoms with E-state index < -0.39 is 0 Å². The highest BCUT2D eigenvalue weighted by molar-refractivity contribution is 6.31. The minimum absolute atomic E-state index is 0.0417. The van der Waals surface area contributed by atoms with Gasteiger partial charge in [0.1, 0.15) is 17.5 Å². The minimum atomic E-state index is -0.323. The third-order valence-corrected chi connectivity index (χ3v) is 10.8. The monoisotopic (exact) mass is 716 g/mol. The maximum absolute atomic E-state index is 14.8. The fraction of sp³-hybridized carbons (Fsp3) is 0.293. The van der Waals surface area contributed by atoms with Crippen molar-refractivity contribution in [3.8, 4) is 17.5 Å². The van der Waals surface area contributed by atoms with Crippen LogP contribution in [0.25, 0.3) is 5.69 Å². The van der Waals surface area contributed by atoms with Crippen molar-refractivity contribution in [2.24, 2.45) is 7.05 Å². The lowest BCUT2D eigenvalue weighted by Crippen LogP contribution is -2.52. The van der Waals surface area contributed by atoms with E-state index in [0.29, 0.717) is 58.7 Å². The number of nitriles is 1. The van der Waals surface area contributed by atoms with Crippen molar-refractivity contribution < 1.29 is 19.4 Å². The number of phenols is 1. The molecule has 4 heterocycles. The Labute approximate surface area is 308 Å². The van der Waals surface area contributed by atoms with Gasteiger partial charge in [0.2, 0.25) is 0 Å². The number of anilines is 2. The number of hydrogen-bond donors (Lipinski definition) is 1. The fourth-order valence-corrected chi connectivity index (χ4v) is 7.55. The maximum atomic E-state index is 14.8. The Balaban J connectivity index is 1.29. The predicted octanol–water partition coefficient (Wildman–Crippen LogP) is 6.85. The summed E-state index contributed by atoms with van der Waals surface area (Å²) in [4.78, 5) is 35.5. The van der Waals surface area contributed by atoms with Crippen LogP contribution in [0.4, 0.5) is 11.4 Å². The van der Waals surface area contributed by atoms with E-state index in [4.69, 9.17) is 16.3 Å². The van der Waals surface area contributed by atoms with Crippen LogP contribution in [0.15, 0.2) is 79.0 Å². The van der Waals surface area contributed by atoms with E-state index in [0.717, 1.165) is 48.6 Å². The lowest BCUT2D eigenvalue weighted by atomic mass is 9.92. The third-order valence-electron chi connectivity index (χ3n) is 10.6. The summed E-state index contributed by atoms with van der Waals surface area (Å²) in [5.41, 5.74) is 7.61. The van der Waals surface area contributed by atoms with Crippen molar-refractivity contribution in [1.82, 2.24) is 18.9 Å². The van der Waals surface area contributed by atoms with Crippen molar-refractivity contribution >= 4 is 34.8 Å². The van der Waals surface area contributed by atoms with Crippen LogP contribution < -0.4 is 4.90 Å². The second-order valence-electron chi connectivity index (χ2n) is 13.6. The SMILES string of the molecule is Cc1c(C(=O)N(c2ccc(O)cc2)c2cc(C#N)n(C)c2C)cn(-c2cc(Cl)ccc2C(=O)N2Cc3ccccc3C[C@H]2CN2CCOCC2)c1C. The third kappa shape index (κ3) is 6.48. The number of aromatic nitrogens is 2. The molecule has 2 amide bonds. The second-order valence-corrected chi connectivity index (χ2v) is 14.0. The molecule has 0 saturated carbocycles. The molecular weight excluding hydrogens is 676 g/mol. The highest BCUT2D eigenvalue weighted by Gasteiger charge is 2.34. The van der Waals surface area contributed by atoms with Crippen molar-refractivity contribution in [1.29, 1.82) is 5.26 Å². The quantitative estimate of drug-likeness (QED) is 0.198.